The zero-order valence-corrected chi connectivity index (χ0v) is 11.9. The van der Waals surface area contributed by atoms with Crippen molar-refractivity contribution in [2.24, 2.45) is 0 Å². The Hall–Kier alpha value is -1.21. The molecule has 0 saturated carbocycles. The van der Waals surface area contributed by atoms with E-state index in [1.807, 2.05) is 6.07 Å². The maximum Gasteiger partial charge on any atom is 0.243 e. The molecule has 0 saturated heterocycles. The van der Waals surface area contributed by atoms with Gasteiger partial charge < -0.3 is 10.4 Å². The molecule has 0 aliphatic rings. The first kappa shape index (κ1) is 15.8. The van der Waals surface area contributed by atoms with Crippen molar-refractivity contribution in [3.63, 3.8) is 0 Å². The van der Waals surface area contributed by atoms with Crippen LogP contribution in [0.5, 0.6) is 0 Å². The molecule has 0 heterocycles. The maximum absolute atomic E-state index is 12.4. The minimum absolute atomic E-state index is 0.0601. The van der Waals surface area contributed by atoms with E-state index in [9.17, 15) is 8.42 Å². The monoisotopic (exact) mass is 284 g/mol. The molecule has 0 aromatic heterocycles. The van der Waals surface area contributed by atoms with Crippen molar-refractivity contribution >= 4 is 10.0 Å². The van der Waals surface area contributed by atoms with E-state index in [-0.39, 0.29) is 24.6 Å². The minimum Gasteiger partial charge on any atom is -0.395 e. The normalized spacial score (nSPS) is 11.7. The van der Waals surface area contributed by atoms with Gasteiger partial charge in [-0.2, -0.15) is 4.31 Å². The summed E-state index contributed by atoms with van der Waals surface area (Å²) in [4.78, 5) is 0.232. The van der Waals surface area contributed by atoms with Gasteiger partial charge in [-0.25, -0.2) is 8.42 Å². The van der Waals surface area contributed by atoms with Gasteiger partial charge in [-0.1, -0.05) is 18.2 Å². The molecule has 0 amide bonds. The summed E-state index contributed by atoms with van der Waals surface area (Å²) in [6, 6.07) is 6.77. The highest BCUT2D eigenvalue weighted by Gasteiger charge is 2.22. The third kappa shape index (κ3) is 4.14. The molecule has 0 spiro atoms. The minimum atomic E-state index is -3.59. The quantitative estimate of drug-likeness (QED) is 0.685. The van der Waals surface area contributed by atoms with Crippen LogP contribution < -0.4 is 5.32 Å². The topological polar surface area (TPSA) is 69.6 Å². The molecular formula is C13H20N2O3S. The fraction of sp³-hybridized carbons (Fsp3) is 0.385. The van der Waals surface area contributed by atoms with Crippen LogP contribution in [0.25, 0.3) is 0 Å². The average Bonchev–Trinajstić information content (AvgIpc) is 2.39. The summed E-state index contributed by atoms with van der Waals surface area (Å²) in [7, 11) is -1.79. The van der Waals surface area contributed by atoms with E-state index in [1.54, 1.807) is 25.2 Å². The summed E-state index contributed by atoms with van der Waals surface area (Å²) in [5, 5.41) is 11.9. The standard InChI is InChI=1S/C13H20N2O3S/c1-3-7-15(8-9-16)19(17,18)13-6-4-5-12(10-13)11-14-2/h3-6,10,14,16H,1,7-9,11H2,2H3. The molecule has 0 fully saturated rings. The average molecular weight is 284 g/mol. The summed E-state index contributed by atoms with van der Waals surface area (Å²) >= 11 is 0. The van der Waals surface area contributed by atoms with Crippen LogP contribution in [0.3, 0.4) is 0 Å². The van der Waals surface area contributed by atoms with Crippen LogP contribution in [0.4, 0.5) is 0 Å². The highest BCUT2D eigenvalue weighted by molar-refractivity contribution is 7.89. The fourth-order valence-corrected chi connectivity index (χ4v) is 3.21. The molecule has 106 valence electrons. The van der Waals surface area contributed by atoms with Gasteiger partial charge in [0.2, 0.25) is 10.0 Å². The lowest BCUT2D eigenvalue weighted by atomic mass is 10.2. The van der Waals surface area contributed by atoms with Gasteiger partial charge in [0.25, 0.3) is 0 Å². The van der Waals surface area contributed by atoms with E-state index in [0.717, 1.165) is 5.56 Å². The smallest absolute Gasteiger partial charge is 0.243 e. The van der Waals surface area contributed by atoms with E-state index in [0.29, 0.717) is 6.54 Å². The van der Waals surface area contributed by atoms with Gasteiger partial charge in [0, 0.05) is 19.6 Å². The van der Waals surface area contributed by atoms with Crippen LogP contribution in [0.15, 0.2) is 41.8 Å². The first-order valence-electron chi connectivity index (χ1n) is 6.01. The molecule has 19 heavy (non-hydrogen) atoms. The summed E-state index contributed by atoms with van der Waals surface area (Å²) in [6.07, 6.45) is 1.50. The number of hydrogen-bond acceptors (Lipinski definition) is 4. The highest BCUT2D eigenvalue weighted by atomic mass is 32.2. The van der Waals surface area contributed by atoms with E-state index in [1.165, 1.54) is 10.4 Å². The SMILES string of the molecule is C=CCN(CCO)S(=O)(=O)c1cccc(CNC)c1. The Morgan fingerprint density at radius 3 is 2.79 bits per heavy atom. The molecule has 1 rings (SSSR count). The van der Waals surface area contributed by atoms with Gasteiger partial charge >= 0.3 is 0 Å². The van der Waals surface area contributed by atoms with E-state index in [2.05, 4.69) is 11.9 Å². The van der Waals surface area contributed by atoms with Gasteiger partial charge in [-0.3, -0.25) is 0 Å². The predicted octanol–water partition coefficient (Wildman–Crippen LogP) is 0.575. The van der Waals surface area contributed by atoms with Crippen molar-refractivity contribution in [1.82, 2.24) is 9.62 Å². The zero-order valence-electron chi connectivity index (χ0n) is 11.0. The molecule has 0 bridgehead atoms. The molecule has 2 N–H and O–H groups in total. The van der Waals surface area contributed by atoms with Crippen molar-refractivity contribution in [2.45, 2.75) is 11.4 Å². The van der Waals surface area contributed by atoms with Crippen LogP contribution in [0, 0.1) is 0 Å². The Morgan fingerprint density at radius 2 is 2.21 bits per heavy atom. The van der Waals surface area contributed by atoms with Crippen LogP contribution in [0.1, 0.15) is 5.56 Å². The number of rotatable bonds is 8. The summed E-state index contributed by atoms with van der Waals surface area (Å²) in [6.45, 7) is 4.16. The third-order valence-electron chi connectivity index (χ3n) is 2.60. The largest absolute Gasteiger partial charge is 0.395 e. The number of aliphatic hydroxyl groups is 1. The number of nitrogens with zero attached hydrogens (tertiary/aromatic N) is 1. The van der Waals surface area contributed by atoms with Crippen molar-refractivity contribution in [3.8, 4) is 0 Å². The first-order valence-corrected chi connectivity index (χ1v) is 7.45. The zero-order chi connectivity index (χ0) is 14.3. The predicted molar refractivity (Wildman–Crippen MR) is 75.2 cm³/mol. The molecule has 5 nitrogen and oxygen atoms in total. The molecule has 0 radical (unpaired) electrons. The van der Waals surface area contributed by atoms with Gasteiger partial charge in [0.15, 0.2) is 0 Å². The Kier molecular flexibility index (Phi) is 6.17. The molecule has 0 aliphatic carbocycles. The lowest BCUT2D eigenvalue weighted by molar-refractivity contribution is 0.260. The Morgan fingerprint density at radius 1 is 1.47 bits per heavy atom. The number of hydrogen-bond donors (Lipinski definition) is 2. The molecule has 0 aliphatic heterocycles. The number of benzene rings is 1. The van der Waals surface area contributed by atoms with Crippen molar-refractivity contribution in [2.75, 3.05) is 26.7 Å². The van der Waals surface area contributed by atoms with E-state index in [4.69, 9.17) is 5.11 Å². The highest BCUT2D eigenvalue weighted by Crippen LogP contribution is 2.17. The second-order valence-corrected chi connectivity index (χ2v) is 5.99. The van der Waals surface area contributed by atoms with Crippen molar-refractivity contribution in [3.05, 3.63) is 42.5 Å². The number of aliphatic hydroxyl groups excluding tert-OH is 1. The first-order chi connectivity index (χ1) is 9.06. The molecule has 1 aromatic carbocycles. The van der Waals surface area contributed by atoms with Crippen molar-refractivity contribution < 1.29 is 13.5 Å². The molecule has 0 atom stereocenters. The molecule has 6 heteroatoms. The Labute approximate surface area is 114 Å². The summed E-state index contributed by atoms with van der Waals surface area (Å²) in [5.41, 5.74) is 0.895. The van der Waals surface area contributed by atoms with Gasteiger partial charge in [-0.15, -0.1) is 6.58 Å². The second kappa shape index (κ2) is 7.40. The molecule has 0 unspecified atom stereocenters. The van der Waals surface area contributed by atoms with Crippen molar-refractivity contribution in [1.29, 1.82) is 0 Å². The third-order valence-corrected chi connectivity index (χ3v) is 4.46. The summed E-state index contributed by atoms with van der Waals surface area (Å²) < 4.78 is 26.0. The molecular weight excluding hydrogens is 264 g/mol. The lowest BCUT2D eigenvalue weighted by Gasteiger charge is -2.20. The molecule has 1 aromatic rings. The van der Waals surface area contributed by atoms with Crippen LogP contribution >= 0.6 is 0 Å². The number of sulfonamides is 1. The summed E-state index contributed by atoms with van der Waals surface area (Å²) in [5.74, 6) is 0. The van der Waals surface area contributed by atoms with Gasteiger partial charge in [0.1, 0.15) is 0 Å². The van der Waals surface area contributed by atoms with Gasteiger partial charge in [0.05, 0.1) is 11.5 Å². The van der Waals surface area contributed by atoms with E-state index < -0.39 is 10.0 Å². The number of nitrogens with one attached hydrogen (secondary N) is 1. The Balaban J connectivity index is 3.09. The van der Waals surface area contributed by atoms with Gasteiger partial charge in [-0.05, 0) is 24.7 Å². The fourth-order valence-electron chi connectivity index (χ4n) is 1.73. The van der Waals surface area contributed by atoms with Crippen LogP contribution in [0.2, 0.25) is 0 Å². The van der Waals surface area contributed by atoms with Crippen LogP contribution in [-0.2, 0) is 16.6 Å². The van der Waals surface area contributed by atoms with Crippen LogP contribution in [-0.4, -0.2) is 44.6 Å². The maximum atomic E-state index is 12.4. The lowest BCUT2D eigenvalue weighted by Crippen LogP contribution is -2.33. The Bertz CT molecular complexity index is 514. The van der Waals surface area contributed by atoms with E-state index >= 15 is 0 Å². The second-order valence-electron chi connectivity index (χ2n) is 4.05.